The standard InChI is InChI=1S/C15H25N3O/c1-4-8-18-11-14(5-6-15(18)19)16-13-7-9-17(3)12(2)10-13/h5-6,11-13,16H,4,7-10H2,1-3H3. The maximum atomic E-state index is 11.7. The summed E-state index contributed by atoms with van der Waals surface area (Å²) in [5.74, 6) is 0. The third kappa shape index (κ3) is 3.60. The highest BCUT2D eigenvalue weighted by atomic mass is 16.1. The first kappa shape index (κ1) is 14.1. The summed E-state index contributed by atoms with van der Waals surface area (Å²) >= 11 is 0. The van der Waals surface area contributed by atoms with Crippen LogP contribution in [0.1, 0.15) is 33.1 Å². The van der Waals surface area contributed by atoms with E-state index in [4.69, 9.17) is 0 Å². The van der Waals surface area contributed by atoms with E-state index >= 15 is 0 Å². The number of piperidine rings is 1. The van der Waals surface area contributed by atoms with E-state index in [1.54, 1.807) is 10.6 Å². The molecule has 1 aromatic rings. The zero-order valence-corrected chi connectivity index (χ0v) is 12.2. The molecule has 0 radical (unpaired) electrons. The molecule has 4 nitrogen and oxygen atoms in total. The Hall–Kier alpha value is -1.29. The van der Waals surface area contributed by atoms with Crippen LogP contribution in [0.3, 0.4) is 0 Å². The molecule has 1 aliphatic rings. The fourth-order valence-electron chi connectivity index (χ4n) is 2.69. The van der Waals surface area contributed by atoms with Crippen molar-refractivity contribution in [3.63, 3.8) is 0 Å². The third-order valence-corrected chi connectivity index (χ3v) is 4.03. The lowest BCUT2D eigenvalue weighted by Crippen LogP contribution is -2.42. The summed E-state index contributed by atoms with van der Waals surface area (Å²) in [7, 11) is 2.18. The molecule has 2 rings (SSSR count). The molecule has 106 valence electrons. The minimum absolute atomic E-state index is 0.0872. The third-order valence-electron chi connectivity index (χ3n) is 4.03. The van der Waals surface area contributed by atoms with Gasteiger partial charge in [-0.25, -0.2) is 0 Å². The van der Waals surface area contributed by atoms with Gasteiger partial charge in [0.15, 0.2) is 0 Å². The van der Waals surface area contributed by atoms with Gasteiger partial charge in [-0.05, 0) is 39.3 Å². The molecule has 1 aromatic heterocycles. The van der Waals surface area contributed by atoms with Crippen LogP contribution in [0.5, 0.6) is 0 Å². The van der Waals surface area contributed by atoms with Gasteiger partial charge in [0.25, 0.3) is 5.56 Å². The zero-order valence-electron chi connectivity index (χ0n) is 12.2. The predicted octanol–water partition coefficient (Wildman–Crippen LogP) is 2.15. The molecule has 2 heterocycles. The number of rotatable bonds is 4. The second-order valence-corrected chi connectivity index (χ2v) is 5.64. The second kappa shape index (κ2) is 6.24. The Morgan fingerprint density at radius 1 is 1.42 bits per heavy atom. The summed E-state index contributed by atoms with van der Waals surface area (Å²) in [5, 5.41) is 3.57. The Morgan fingerprint density at radius 3 is 2.89 bits per heavy atom. The molecular weight excluding hydrogens is 238 g/mol. The average molecular weight is 263 g/mol. The SMILES string of the molecule is CCCn1cc(NC2CCN(C)C(C)C2)ccc1=O. The highest BCUT2D eigenvalue weighted by Gasteiger charge is 2.22. The Morgan fingerprint density at radius 2 is 2.21 bits per heavy atom. The predicted molar refractivity (Wildman–Crippen MR) is 79.7 cm³/mol. The minimum Gasteiger partial charge on any atom is -0.381 e. The normalized spacial score (nSPS) is 24.4. The van der Waals surface area contributed by atoms with Crippen molar-refractivity contribution in [2.75, 3.05) is 18.9 Å². The molecule has 2 unspecified atom stereocenters. The quantitative estimate of drug-likeness (QED) is 0.904. The molecule has 1 fully saturated rings. The molecule has 0 spiro atoms. The molecule has 1 saturated heterocycles. The van der Waals surface area contributed by atoms with Crippen LogP contribution in [-0.2, 0) is 6.54 Å². The Bertz CT molecular complexity index is 469. The van der Waals surface area contributed by atoms with Crippen LogP contribution in [0.15, 0.2) is 23.1 Å². The van der Waals surface area contributed by atoms with Gasteiger partial charge in [0.2, 0.25) is 0 Å². The summed E-state index contributed by atoms with van der Waals surface area (Å²) in [6.07, 6.45) is 5.25. The molecule has 19 heavy (non-hydrogen) atoms. The molecule has 1 aliphatic heterocycles. The van der Waals surface area contributed by atoms with Gasteiger partial charge in [0, 0.05) is 37.4 Å². The molecular formula is C15H25N3O. The fraction of sp³-hybridized carbons (Fsp3) is 0.667. The van der Waals surface area contributed by atoms with Crippen LogP contribution in [-0.4, -0.2) is 35.1 Å². The van der Waals surface area contributed by atoms with E-state index in [0.29, 0.717) is 12.1 Å². The van der Waals surface area contributed by atoms with Crippen molar-refractivity contribution in [3.8, 4) is 0 Å². The van der Waals surface area contributed by atoms with Crippen molar-refractivity contribution in [3.05, 3.63) is 28.7 Å². The van der Waals surface area contributed by atoms with Crippen LogP contribution in [0.2, 0.25) is 0 Å². The van der Waals surface area contributed by atoms with Gasteiger partial charge in [-0.3, -0.25) is 4.79 Å². The number of aryl methyl sites for hydroxylation is 1. The maximum Gasteiger partial charge on any atom is 0.250 e. The van der Waals surface area contributed by atoms with Gasteiger partial charge in [-0.1, -0.05) is 6.92 Å². The van der Waals surface area contributed by atoms with Crippen molar-refractivity contribution in [1.82, 2.24) is 9.47 Å². The van der Waals surface area contributed by atoms with Gasteiger partial charge in [0.05, 0.1) is 5.69 Å². The zero-order chi connectivity index (χ0) is 13.8. The molecule has 0 amide bonds. The number of likely N-dealkylation sites (tertiary alicyclic amines) is 1. The molecule has 1 N–H and O–H groups in total. The number of hydrogen-bond acceptors (Lipinski definition) is 3. The summed E-state index contributed by atoms with van der Waals surface area (Å²) in [4.78, 5) is 14.1. The van der Waals surface area contributed by atoms with Crippen molar-refractivity contribution >= 4 is 5.69 Å². The molecule has 0 aliphatic carbocycles. The first-order valence-electron chi connectivity index (χ1n) is 7.27. The monoisotopic (exact) mass is 263 g/mol. The van der Waals surface area contributed by atoms with Gasteiger partial charge in [-0.15, -0.1) is 0 Å². The number of pyridine rings is 1. The van der Waals surface area contributed by atoms with E-state index < -0.39 is 0 Å². The number of hydrogen-bond donors (Lipinski definition) is 1. The van der Waals surface area contributed by atoms with Gasteiger partial charge >= 0.3 is 0 Å². The molecule has 0 bridgehead atoms. The van der Waals surface area contributed by atoms with Crippen molar-refractivity contribution < 1.29 is 0 Å². The van der Waals surface area contributed by atoms with Gasteiger partial charge < -0.3 is 14.8 Å². The van der Waals surface area contributed by atoms with E-state index in [9.17, 15) is 4.79 Å². The largest absolute Gasteiger partial charge is 0.381 e. The Balaban J connectivity index is 2.03. The van der Waals surface area contributed by atoms with Crippen LogP contribution in [0.4, 0.5) is 5.69 Å². The summed E-state index contributed by atoms with van der Waals surface area (Å²) in [5.41, 5.74) is 1.15. The topological polar surface area (TPSA) is 37.3 Å². The number of nitrogens with one attached hydrogen (secondary N) is 1. The first-order valence-corrected chi connectivity index (χ1v) is 7.27. The lowest BCUT2D eigenvalue weighted by atomic mass is 9.99. The van der Waals surface area contributed by atoms with E-state index in [1.807, 2.05) is 12.3 Å². The number of anilines is 1. The van der Waals surface area contributed by atoms with Crippen molar-refractivity contribution in [2.45, 2.75) is 51.7 Å². The van der Waals surface area contributed by atoms with Crippen LogP contribution < -0.4 is 10.9 Å². The Kier molecular flexibility index (Phi) is 4.64. The van der Waals surface area contributed by atoms with Crippen LogP contribution in [0, 0.1) is 0 Å². The minimum atomic E-state index is 0.0872. The number of aromatic nitrogens is 1. The summed E-state index contributed by atoms with van der Waals surface area (Å²) < 4.78 is 1.79. The summed E-state index contributed by atoms with van der Waals surface area (Å²) in [6, 6.07) is 4.69. The van der Waals surface area contributed by atoms with Crippen LogP contribution in [0.25, 0.3) is 0 Å². The second-order valence-electron chi connectivity index (χ2n) is 5.64. The highest BCUT2D eigenvalue weighted by molar-refractivity contribution is 5.41. The van der Waals surface area contributed by atoms with E-state index in [1.165, 1.54) is 0 Å². The van der Waals surface area contributed by atoms with Gasteiger partial charge in [-0.2, -0.15) is 0 Å². The molecule has 4 heteroatoms. The lowest BCUT2D eigenvalue weighted by Gasteiger charge is -2.35. The average Bonchev–Trinajstić information content (AvgIpc) is 2.38. The first-order chi connectivity index (χ1) is 9.10. The summed E-state index contributed by atoms with van der Waals surface area (Å²) in [6.45, 7) is 6.28. The van der Waals surface area contributed by atoms with Crippen molar-refractivity contribution in [1.29, 1.82) is 0 Å². The fourth-order valence-corrected chi connectivity index (χ4v) is 2.69. The van der Waals surface area contributed by atoms with E-state index in [2.05, 4.69) is 31.1 Å². The molecule has 2 atom stereocenters. The Labute approximate surface area is 115 Å². The molecule has 0 aromatic carbocycles. The highest BCUT2D eigenvalue weighted by Crippen LogP contribution is 2.19. The van der Waals surface area contributed by atoms with Gasteiger partial charge in [0.1, 0.15) is 0 Å². The van der Waals surface area contributed by atoms with Crippen molar-refractivity contribution in [2.24, 2.45) is 0 Å². The number of nitrogens with zero attached hydrogens (tertiary/aromatic N) is 2. The van der Waals surface area contributed by atoms with Crippen LogP contribution >= 0.6 is 0 Å². The van der Waals surface area contributed by atoms with E-state index in [-0.39, 0.29) is 5.56 Å². The molecule has 0 saturated carbocycles. The maximum absolute atomic E-state index is 11.7. The lowest BCUT2D eigenvalue weighted by molar-refractivity contribution is 0.190. The van der Waals surface area contributed by atoms with E-state index in [0.717, 1.165) is 38.0 Å². The smallest absolute Gasteiger partial charge is 0.250 e.